The van der Waals surface area contributed by atoms with Gasteiger partial charge in [-0.3, -0.25) is 9.59 Å². The Morgan fingerprint density at radius 2 is 2.21 bits per heavy atom. The highest BCUT2D eigenvalue weighted by atomic mass is 19.1. The molecule has 2 rings (SSSR count). The van der Waals surface area contributed by atoms with Crippen LogP contribution in [0.5, 0.6) is 0 Å². The minimum Gasteiger partial charge on any atom is -0.338 e. The molecule has 0 atom stereocenters. The summed E-state index contributed by atoms with van der Waals surface area (Å²) in [7, 11) is 0. The summed E-state index contributed by atoms with van der Waals surface area (Å²) in [5.74, 6) is -0.565. The third kappa shape index (κ3) is 2.92. The van der Waals surface area contributed by atoms with E-state index >= 15 is 0 Å². The number of fused-ring (bicyclic) bond motifs is 1. The molecule has 2 amide bonds. The SMILES string of the molecule is CCC(=O)N1CCc2cccc(NC(=O)CF)c2C1. The number of hydrogen-bond donors (Lipinski definition) is 1. The maximum Gasteiger partial charge on any atom is 0.255 e. The van der Waals surface area contributed by atoms with E-state index in [1.54, 1.807) is 11.0 Å². The van der Waals surface area contributed by atoms with Gasteiger partial charge in [-0.25, -0.2) is 4.39 Å². The number of amides is 2. The van der Waals surface area contributed by atoms with Crippen LogP contribution in [0, 0.1) is 0 Å². The minimum absolute atomic E-state index is 0.0947. The third-order valence-corrected chi connectivity index (χ3v) is 3.32. The number of carbonyl (C=O) groups is 2. The lowest BCUT2D eigenvalue weighted by atomic mass is 9.97. The Morgan fingerprint density at radius 3 is 2.89 bits per heavy atom. The monoisotopic (exact) mass is 264 g/mol. The molecule has 5 heteroatoms. The van der Waals surface area contributed by atoms with Crippen LogP contribution in [-0.2, 0) is 22.6 Å². The molecule has 1 aliphatic rings. The molecule has 0 unspecified atom stereocenters. The van der Waals surface area contributed by atoms with Crippen molar-refractivity contribution in [1.82, 2.24) is 4.90 Å². The number of nitrogens with zero attached hydrogens (tertiary/aromatic N) is 1. The molecule has 1 aliphatic heterocycles. The van der Waals surface area contributed by atoms with E-state index in [2.05, 4.69) is 5.32 Å². The van der Waals surface area contributed by atoms with Crippen LogP contribution in [0.15, 0.2) is 18.2 Å². The number of anilines is 1. The van der Waals surface area contributed by atoms with Crippen molar-refractivity contribution in [2.45, 2.75) is 26.3 Å². The van der Waals surface area contributed by atoms with Gasteiger partial charge in [0.05, 0.1) is 0 Å². The summed E-state index contributed by atoms with van der Waals surface area (Å²) in [6.45, 7) is 1.96. The zero-order chi connectivity index (χ0) is 13.8. The molecule has 102 valence electrons. The second kappa shape index (κ2) is 5.82. The Bertz CT molecular complexity index is 502. The minimum atomic E-state index is -1.04. The molecule has 4 nitrogen and oxygen atoms in total. The van der Waals surface area contributed by atoms with Crippen LogP contribution in [-0.4, -0.2) is 29.9 Å². The van der Waals surface area contributed by atoms with Crippen LogP contribution in [0.25, 0.3) is 0 Å². The normalized spacial score (nSPS) is 13.9. The van der Waals surface area contributed by atoms with Crippen LogP contribution in [0.4, 0.5) is 10.1 Å². The van der Waals surface area contributed by atoms with Gasteiger partial charge in [0.15, 0.2) is 6.67 Å². The molecule has 0 radical (unpaired) electrons. The molecule has 1 heterocycles. The second-order valence-electron chi connectivity index (χ2n) is 4.54. The van der Waals surface area contributed by atoms with E-state index in [0.29, 0.717) is 25.2 Å². The Labute approximate surface area is 111 Å². The molecule has 0 saturated heterocycles. The summed E-state index contributed by atoms with van der Waals surface area (Å²) in [4.78, 5) is 24.7. The van der Waals surface area contributed by atoms with Gasteiger partial charge in [0.25, 0.3) is 5.91 Å². The van der Waals surface area contributed by atoms with Gasteiger partial charge in [0, 0.05) is 25.2 Å². The highest BCUT2D eigenvalue weighted by Gasteiger charge is 2.22. The summed E-state index contributed by atoms with van der Waals surface area (Å²) in [6, 6.07) is 5.56. The summed E-state index contributed by atoms with van der Waals surface area (Å²) in [5, 5.41) is 2.55. The lowest BCUT2D eigenvalue weighted by Crippen LogP contribution is -2.36. The number of alkyl halides is 1. The molecular formula is C14H17FN2O2. The summed E-state index contributed by atoms with van der Waals surface area (Å²) >= 11 is 0. The first-order valence-electron chi connectivity index (χ1n) is 6.40. The van der Waals surface area contributed by atoms with E-state index in [9.17, 15) is 14.0 Å². The summed E-state index contributed by atoms with van der Waals surface area (Å²) in [5.41, 5.74) is 2.63. The number of carbonyl (C=O) groups excluding carboxylic acids is 2. The molecule has 1 aromatic rings. The summed E-state index contributed by atoms with van der Waals surface area (Å²) in [6.07, 6.45) is 1.23. The fourth-order valence-corrected chi connectivity index (χ4v) is 2.32. The van der Waals surface area contributed by atoms with Crippen LogP contribution in [0.2, 0.25) is 0 Å². The fraction of sp³-hybridized carbons (Fsp3) is 0.429. The van der Waals surface area contributed by atoms with Gasteiger partial charge >= 0.3 is 0 Å². The van der Waals surface area contributed by atoms with E-state index in [0.717, 1.165) is 17.5 Å². The zero-order valence-electron chi connectivity index (χ0n) is 10.9. The van der Waals surface area contributed by atoms with Gasteiger partial charge in [-0.2, -0.15) is 0 Å². The van der Waals surface area contributed by atoms with E-state index in [4.69, 9.17) is 0 Å². The average molecular weight is 264 g/mol. The molecule has 1 N–H and O–H groups in total. The fourth-order valence-electron chi connectivity index (χ4n) is 2.32. The van der Waals surface area contributed by atoms with E-state index in [1.165, 1.54) is 0 Å². The topological polar surface area (TPSA) is 49.4 Å². The van der Waals surface area contributed by atoms with Crippen molar-refractivity contribution >= 4 is 17.5 Å². The standard InChI is InChI=1S/C14H17FN2O2/c1-2-14(19)17-7-6-10-4-3-5-12(11(10)9-17)16-13(18)8-15/h3-5H,2,6-9H2,1H3,(H,16,18). The maximum atomic E-state index is 12.3. The van der Waals surface area contributed by atoms with E-state index < -0.39 is 12.6 Å². The van der Waals surface area contributed by atoms with E-state index in [1.807, 2.05) is 19.1 Å². The van der Waals surface area contributed by atoms with Crippen LogP contribution < -0.4 is 5.32 Å². The quantitative estimate of drug-likeness (QED) is 0.906. The predicted octanol–water partition coefficient (Wildman–Crippen LogP) is 1.89. The number of rotatable bonds is 3. The molecular weight excluding hydrogens is 247 g/mol. The molecule has 19 heavy (non-hydrogen) atoms. The number of halogens is 1. The first-order chi connectivity index (χ1) is 9.15. The molecule has 0 bridgehead atoms. The third-order valence-electron chi connectivity index (χ3n) is 3.32. The van der Waals surface area contributed by atoms with Gasteiger partial charge in [0.2, 0.25) is 5.91 Å². The molecule has 0 spiro atoms. The van der Waals surface area contributed by atoms with Crippen molar-refractivity contribution in [2.24, 2.45) is 0 Å². The highest BCUT2D eigenvalue weighted by Crippen LogP contribution is 2.26. The molecule has 1 aromatic carbocycles. The van der Waals surface area contributed by atoms with Crippen molar-refractivity contribution in [1.29, 1.82) is 0 Å². The van der Waals surface area contributed by atoms with Gasteiger partial charge in [-0.15, -0.1) is 0 Å². The molecule has 0 fully saturated rings. The van der Waals surface area contributed by atoms with Crippen molar-refractivity contribution in [3.05, 3.63) is 29.3 Å². The Balaban J connectivity index is 2.25. The molecule has 0 aliphatic carbocycles. The smallest absolute Gasteiger partial charge is 0.255 e. The predicted molar refractivity (Wildman–Crippen MR) is 70.5 cm³/mol. The van der Waals surface area contributed by atoms with Gasteiger partial charge in [-0.05, 0) is 23.6 Å². The average Bonchev–Trinajstić information content (AvgIpc) is 2.46. The van der Waals surface area contributed by atoms with Crippen molar-refractivity contribution in [3.63, 3.8) is 0 Å². The van der Waals surface area contributed by atoms with Crippen molar-refractivity contribution in [3.8, 4) is 0 Å². The van der Waals surface area contributed by atoms with Crippen LogP contribution in [0.3, 0.4) is 0 Å². The van der Waals surface area contributed by atoms with E-state index in [-0.39, 0.29) is 5.91 Å². The molecule has 0 aromatic heterocycles. The zero-order valence-corrected chi connectivity index (χ0v) is 10.9. The van der Waals surface area contributed by atoms with Crippen LogP contribution in [0.1, 0.15) is 24.5 Å². The lowest BCUT2D eigenvalue weighted by molar-refractivity contribution is -0.131. The first kappa shape index (κ1) is 13.5. The first-order valence-corrected chi connectivity index (χ1v) is 6.40. The van der Waals surface area contributed by atoms with Gasteiger partial charge < -0.3 is 10.2 Å². The Kier molecular flexibility index (Phi) is 4.14. The largest absolute Gasteiger partial charge is 0.338 e. The number of nitrogens with one attached hydrogen (secondary N) is 1. The Morgan fingerprint density at radius 1 is 1.42 bits per heavy atom. The van der Waals surface area contributed by atoms with Crippen LogP contribution >= 0.6 is 0 Å². The maximum absolute atomic E-state index is 12.3. The lowest BCUT2D eigenvalue weighted by Gasteiger charge is -2.30. The van der Waals surface area contributed by atoms with Crippen molar-refractivity contribution < 1.29 is 14.0 Å². The second-order valence-corrected chi connectivity index (χ2v) is 4.54. The van der Waals surface area contributed by atoms with Crippen molar-refractivity contribution in [2.75, 3.05) is 18.5 Å². The summed E-state index contributed by atoms with van der Waals surface area (Å²) < 4.78 is 12.3. The highest BCUT2D eigenvalue weighted by molar-refractivity contribution is 5.92. The van der Waals surface area contributed by atoms with Gasteiger partial charge in [-0.1, -0.05) is 19.1 Å². The number of benzene rings is 1. The van der Waals surface area contributed by atoms with Gasteiger partial charge in [0.1, 0.15) is 0 Å². The number of hydrogen-bond acceptors (Lipinski definition) is 2. The molecule has 0 saturated carbocycles. The Hall–Kier alpha value is -1.91.